The van der Waals surface area contributed by atoms with Gasteiger partial charge in [0.05, 0.1) is 5.69 Å². The number of benzene rings is 2. The highest BCUT2D eigenvalue weighted by Crippen LogP contribution is 2.22. The summed E-state index contributed by atoms with van der Waals surface area (Å²) in [6.07, 6.45) is 0. The molecule has 0 unspecified atom stereocenters. The minimum atomic E-state index is -0.0871. The van der Waals surface area contributed by atoms with E-state index in [4.69, 9.17) is 16.0 Å². The Hall–Kier alpha value is -2.83. The zero-order valence-electron chi connectivity index (χ0n) is 16.3. The number of aromatic nitrogens is 1. The summed E-state index contributed by atoms with van der Waals surface area (Å²) in [5.74, 6) is 1.49. The minimum absolute atomic E-state index is 0.0871. The molecule has 1 saturated heterocycles. The Kier molecular flexibility index (Phi) is 5.83. The standard InChI is InChI=1S/C22H23ClN4O2/c1-16-20(25-21(29-16)17-5-3-2-4-6-17)15-26-11-13-27(14-12-26)22(28)24-19-9-7-18(23)8-10-19/h2-10H,11-15H2,1H3,(H,24,28). The number of hydrogen-bond donors (Lipinski definition) is 1. The van der Waals surface area contributed by atoms with E-state index in [1.54, 1.807) is 24.3 Å². The molecule has 4 rings (SSSR count). The molecule has 1 N–H and O–H groups in total. The van der Waals surface area contributed by atoms with Gasteiger partial charge in [-0.25, -0.2) is 9.78 Å². The van der Waals surface area contributed by atoms with Gasteiger partial charge in [-0.3, -0.25) is 4.90 Å². The number of nitrogens with one attached hydrogen (secondary N) is 1. The van der Waals surface area contributed by atoms with E-state index in [9.17, 15) is 4.79 Å². The molecule has 29 heavy (non-hydrogen) atoms. The number of rotatable bonds is 4. The molecule has 3 aromatic rings. The number of carbonyl (C=O) groups excluding carboxylic acids is 1. The molecule has 1 aliphatic rings. The normalized spacial score (nSPS) is 14.8. The third kappa shape index (κ3) is 4.78. The van der Waals surface area contributed by atoms with Gasteiger partial charge >= 0.3 is 6.03 Å². The third-order valence-electron chi connectivity index (χ3n) is 5.04. The Morgan fingerprint density at radius 2 is 1.76 bits per heavy atom. The maximum absolute atomic E-state index is 12.5. The van der Waals surface area contributed by atoms with Crippen LogP contribution in [0.25, 0.3) is 11.5 Å². The summed E-state index contributed by atoms with van der Waals surface area (Å²) in [7, 11) is 0. The van der Waals surface area contributed by atoms with E-state index < -0.39 is 0 Å². The summed E-state index contributed by atoms with van der Waals surface area (Å²) >= 11 is 5.89. The molecule has 0 aliphatic carbocycles. The van der Waals surface area contributed by atoms with E-state index in [0.717, 1.165) is 42.3 Å². The number of nitrogens with zero attached hydrogens (tertiary/aromatic N) is 3. The lowest BCUT2D eigenvalue weighted by molar-refractivity contribution is 0.141. The van der Waals surface area contributed by atoms with E-state index >= 15 is 0 Å². The zero-order valence-corrected chi connectivity index (χ0v) is 17.0. The number of piperazine rings is 1. The lowest BCUT2D eigenvalue weighted by Crippen LogP contribution is -2.49. The number of amides is 2. The fourth-order valence-corrected chi connectivity index (χ4v) is 3.46. The van der Waals surface area contributed by atoms with Gasteiger partial charge in [-0.1, -0.05) is 29.8 Å². The van der Waals surface area contributed by atoms with Crippen molar-refractivity contribution in [2.24, 2.45) is 0 Å². The van der Waals surface area contributed by atoms with Gasteiger partial charge < -0.3 is 14.6 Å². The first-order valence-corrected chi connectivity index (χ1v) is 10.0. The van der Waals surface area contributed by atoms with Crippen LogP contribution in [0.4, 0.5) is 10.5 Å². The largest absolute Gasteiger partial charge is 0.441 e. The molecule has 0 saturated carbocycles. The predicted octanol–water partition coefficient (Wildman–Crippen LogP) is 4.65. The van der Waals surface area contributed by atoms with Crippen molar-refractivity contribution in [1.29, 1.82) is 0 Å². The molecule has 0 spiro atoms. The Labute approximate surface area is 175 Å². The smallest absolute Gasteiger partial charge is 0.321 e. The van der Waals surface area contributed by atoms with Crippen LogP contribution in [0.5, 0.6) is 0 Å². The second-order valence-electron chi connectivity index (χ2n) is 7.09. The van der Waals surface area contributed by atoms with Crippen molar-refractivity contribution in [3.63, 3.8) is 0 Å². The van der Waals surface area contributed by atoms with Gasteiger partial charge in [0.2, 0.25) is 5.89 Å². The summed E-state index contributed by atoms with van der Waals surface area (Å²) in [5, 5.41) is 3.56. The number of carbonyl (C=O) groups is 1. The number of oxazole rings is 1. The molecule has 150 valence electrons. The molecular formula is C22H23ClN4O2. The Balaban J connectivity index is 1.31. The molecule has 0 bridgehead atoms. The van der Waals surface area contributed by atoms with Crippen LogP contribution >= 0.6 is 11.6 Å². The van der Waals surface area contributed by atoms with Gasteiger partial charge in [-0.2, -0.15) is 0 Å². The summed E-state index contributed by atoms with van der Waals surface area (Å²) in [6, 6.07) is 16.9. The highest BCUT2D eigenvalue weighted by atomic mass is 35.5. The Morgan fingerprint density at radius 1 is 1.07 bits per heavy atom. The van der Waals surface area contributed by atoms with Gasteiger partial charge in [-0.05, 0) is 43.3 Å². The Morgan fingerprint density at radius 3 is 2.45 bits per heavy atom. The van der Waals surface area contributed by atoms with E-state index in [0.29, 0.717) is 24.0 Å². The van der Waals surface area contributed by atoms with Crippen molar-refractivity contribution < 1.29 is 9.21 Å². The third-order valence-corrected chi connectivity index (χ3v) is 5.29. The molecule has 2 aromatic carbocycles. The first-order valence-electron chi connectivity index (χ1n) is 9.64. The van der Waals surface area contributed by atoms with Crippen molar-refractivity contribution in [2.45, 2.75) is 13.5 Å². The van der Waals surface area contributed by atoms with Gasteiger partial charge in [0.15, 0.2) is 0 Å². The van der Waals surface area contributed by atoms with Crippen molar-refractivity contribution >= 4 is 23.3 Å². The van der Waals surface area contributed by atoms with Crippen molar-refractivity contribution in [2.75, 3.05) is 31.5 Å². The quantitative estimate of drug-likeness (QED) is 0.679. The summed E-state index contributed by atoms with van der Waals surface area (Å²) < 4.78 is 5.85. The summed E-state index contributed by atoms with van der Waals surface area (Å²) in [4.78, 5) is 21.3. The fourth-order valence-electron chi connectivity index (χ4n) is 3.34. The molecular weight excluding hydrogens is 388 g/mol. The zero-order chi connectivity index (χ0) is 20.2. The van der Waals surface area contributed by atoms with Crippen LogP contribution in [0.3, 0.4) is 0 Å². The van der Waals surface area contributed by atoms with Gasteiger partial charge in [0.1, 0.15) is 5.76 Å². The molecule has 7 heteroatoms. The van der Waals surface area contributed by atoms with E-state index in [-0.39, 0.29) is 6.03 Å². The van der Waals surface area contributed by atoms with Crippen LogP contribution in [0.15, 0.2) is 59.0 Å². The summed E-state index contributed by atoms with van der Waals surface area (Å²) in [5.41, 5.74) is 2.67. The molecule has 1 aromatic heterocycles. The lowest BCUT2D eigenvalue weighted by Gasteiger charge is -2.34. The molecule has 0 atom stereocenters. The Bertz CT molecular complexity index is 964. The molecule has 2 heterocycles. The minimum Gasteiger partial charge on any atom is -0.441 e. The molecule has 2 amide bonds. The predicted molar refractivity (Wildman–Crippen MR) is 114 cm³/mol. The van der Waals surface area contributed by atoms with Crippen molar-refractivity contribution in [3.8, 4) is 11.5 Å². The number of urea groups is 1. The van der Waals surface area contributed by atoms with Crippen molar-refractivity contribution in [3.05, 3.63) is 71.1 Å². The number of anilines is 1. The van der Waals surface area contributed by atoms with Crippen LogP contribution in [0, 0.1) is 6.92 Å². The monoisotopic (exact) mass is 410 g/mol. The second-order valence-corrected chi connectivity index (χ2v) is 7.52. The van der Waals surface area contributed by atoms with Crippen LogP contribution in [0.1, 0.15) is 11.5 Å². The maximum Gasteiger partial charge on any atom is 0.321 e. The average Bonchev–Trinajstić information content (AvgIpc) is 3.11. The SMILES string of the molecule is Cc1oc(-c2ccccc2)nc1CN1CCN(C(=O)Nc2ccc(Cl)cc2)CC1. The highest BCUT2D eigenvalue weighted by molar-refractivity contribution is 6.30. The van der Waals surface area contributed by atoms with Crippen LogP contribution in [-0.2, 0) is 6.54 Å². The van der Waals surface area contributed by atoms with E-state index in [1.165, 1.54) is 0 Å². The van der Waals surface area contributed by atoms with Crippen LogP contribution < -0.4 is 5.32 Å². The maximum atomic E-state index is 12.5. The first kappa shape index (κ1) is 19.5. The highest BCUT2D eigenvalue weighted by Gasteiger charge is 2.23. The van der Waals surface area contributed by atoms with Crippen molar-refractivity contribution in [1.82, 2.24) is 14.8 Å². The van der Waals surface area contributed by atoms with Gasteiger partial charge in [0.25, 0.3) is 0 Å². The molecule has 1 aliphatic heterocycles. The lowest BCUT2D eigenvalue weighted by atomic mass is 10.2. The number of aryl methyl sites for hydroxylation is 1. The fraction of sp³-hybridized carbons (Fsp3) is 0.273. The first-order chi connectivity index (χ1) is 14.1. The topological polar surface area (TPSA) is 61.6 Å². The van der Waals surface area contributed by atoms with E-state index in [2.05, 4.69) is 15.2 Å². The average molecular weight is 411 g/mol. The molecule has 6 nitrogen and oxygen atoms in total. The molecule has 0 radical (unpaired) electrons. The van der Waals surface area contributed by atoms with Gasteiger partial charge in [0, 0.05) is 49.0 Å². The summed E-state index contributed by atoms with van der Waals surface area (Å²) in [6.45, 7) is 5.59. The van der Waals surface area contributed by atoms with Crippen LogP contribution in [-0.4, -0.2) is 47.0 Å². The van der Waals surface area contributed by atoms with Gasteiger partial charge in [-0.15, -0.1) is 0 Å². The molecule has 1 fully saturated rings. The van der Waals surface area contributed by atoms with Crippen LogP contribution in [0.2, 0.25) is 5.02 Å². The second kappa shape index (κ2) is 8.68. The van der Waals surface area contributed by atoms with E-state index in [1.807, 2.05) is 42.2 Å². The number of hydrogen-bond acceptors (Lipinski definition) is 4. The number of halogens is 1.